The van der Waals surface area contributed by atoms with Crippen molar-refractivity contribution in [3.05, 3.63) is 81.5 Å². The van der Waals surface area contributed by atoms with Crippen molar-refractivity contribution < 1.29 is 23.8 Å². The van der Waals surface area contributed by atoms with Gasteiger partial charge in [-0.1, -0.05) is 36.4 Å². The number of hydrogen-bond acceptors (Lipinski definition) is 7. The Bertz CT molecular complexity index is 1490. The molecule has 2 atom stereocenters. The fraction of sp³-hybridized carbons (Fsp3) is 0.344. The summed E-state index contributed by atoms with van der Waals surface area (Å²) in [4.78, 5) is 40.5. The summed E-state index contributed by atoms with van der Waals surface area (Å²) in [6.07, 6.45) is 1.16. The third kappa shape index (κ3) is 6.29. The van der Waals surface area contributed by atoms with Crippen LogP contribution in [0.1, 0.15) is 43.0 Å². The lowest BCUT2D eigenvalue weighted by Crippen LogP contribution is -2.39. The van der Waals surface area contributed by atoms with Gasteiger partial charge in [-0.2, -0.15) is 0 Å². The lowest BCUT2D eigenvalue weighted by molar-refractivity contribution is -0.130. The van der Waals surface area contributed by atoms with Gasteiger partial charge in [0.2, 0.25) is 23.0 Å². The summed E-state index contributed by atoms with van der Waals surface area (Å²) in [7, 11) is 6.40. The lowest BCUT2D eigenvalue weighted by atomic mass is 9.95. The van der Waals surface area contributed by atoms with Gasteiger partial charge in [0.05, 0.1) is 33.1 Å². The van der Waals surface area contributed by atoms with Crippen molar-refractivity contribution in [2.45, 2.75) is 45.3 Å². The van der Waals surface area contributed by atoms with Gasteiger partial charge in [0.1, 0.15) is 6.04 Å². The third-order valence-electron chi connectivity index (χ3n) is 7.30. The lowest BCUT2D eigenvalue weighted by Gasteiger charge is -2.22. The van der Waals surface area contributed by atoms with Crippen LogP contribution in [0, 0.1) is 0 Å². The van der Waals surface area contributed by atoms with Gasteiger partial charge in [0.15, 0.2) is 11.5 Å². The van der Waals surface area contributed by atoms with Crippen molar-refractivity contribution in [3.63, 3.8) is 0 Å². The summed E-state index contributed by atoms with van der Waals surface area (Å²) in [5.41, 5.74) is 4.07. The van der Waals surface area contributed by atoms with Crippen molar-refractivity contribution in [2.75, 3.05) is 33.7 Å². The van der Waals surface area contributed by atoms with E-state index in [1.165, 1.54) is 13.0 Å². The van der Waals surface area contributed by atoms with Gasteiger partial charge in [0.25, 0.3) is 0 Å². The fourth-order valence-electron chi connectivity index (χ4n) is 5.39. The number of ether oxygens (including phenoxy) is 3. The molecule has 1 aliphatic rings. The van der Waals surface area contributed by atoms with E-state index in [9.17, 15) is 14.4 Å². The normalized spacial score (nSPS) is 14.4. The molecule has 0 radical (unpaired) electrons. The highest BCUT2D eigenvalue weighted by atomic mass is 16.5. The molecule has 0 aliphatic heterocycles. The summed E-state index contributed by atoms with van der Waals surface area (Å²) >= 11 is 0. The fourth-order valence-corrected chi connectivity index (χ4v) is 5.39. The number of aryl methyl sites for hydroxylation is 1. The first-order valence-electron chi connectivity index (χ1n) is 13.5. The Labute approximate surface area is 240 Å². The number of nitrogens with zero attached hydrogens (tertiary/aromatic N) is 1. The molecule has 2 N–H and O–H groups in total. The molecule has 9 heteroatoms. The summed E-state index contributed by atoms with van der Waals surface area (Å²) < 4.78 is 17.1. The Morgan fingerprint density at radius 1 is 1.00 bits per heavy atom. The van der Waals surface area contributed by atoms with Crippen LogP contribution in [0.25, 0.3) is 11.1 Å². The van der Waals surface area contributed by atoms with Crippen molar-refractivity contribution >= 4 is 17.5 Å². The number of likely N-dealkylation sites (N-methyl/N-ethyl adjacent to an activating group) is 1. The molecule has 0 spiro atoms. The van der Waals surface area contributed by atoms with E-state index in [-0.39, 0.29) is 22.9 Å². The summed E-state index contributed by atoms with van der Waals surface area (Å²) in [6, 6.07) is 15.6. The third-order valence-corrected chi connectivity index (χ3v) is 7.30. The standard InChI is InChI=1S/C32H37N3O6/c1-19(32(38)35(3)18-21-10-8-7-9-11-21)33-26-15-13-23-24(17-27(26)37)25(34-20(2)36)14-12-22-16-28(39-4)30(40-5)31(41-6)29(22)23/h7-11,13,15-17,19,25H,12,14,18H2,1-6H3,(H,33,37)(H,34,36). The second kappa shape index (κ2) is 12.8. The highest BCUT2D eigenvalue weighted by Crippen LogP contribution is 2.50. The van der Waals surface area contributed by atoms with E-state index in [2.05, 4.69) is 10.6 Å². The molecule has 0 fully saturated rings. The first kappa shape index (κ1) is 29.5. The van der Waals surface area contributed by atoms with Crippen LogP contribution < -0.4 is 30.3 Å². The van der Waals surface area contributed by atoms with E-state index in [1.54, 1.807) is 46.3 Å². The van der Waals surface area contributed by atoms with E-state index in [4.69, 9.17) is 14.2 Å². The predicted octanol–water partition coefficient (Wildman–Crippen LogP) is 4.32. The average molecular weight is 560 g/mol. The van der Waals surface area contributed by atoms with Crippen LogP contribution in [0.2, 0.25) is 0 Å². The molecular weight excluding hydrogens is 522 g/mol. The molecule has 0 saturated heterocycles. The molecule has 0 heterocycles. The summed E-state index contributed by atoms with van der Waals surface area (Å²) in [6.45, 7) is 3.64. The number of amides is 2. The number of carbonyl (C=O) groups excluding carboxylic acids is 2. The van der Waals surface area contributed by atoms with Crippen LogP contribution in [0.15, 0.2) is 59.4 Å². The van der Waals surface area contributed by atoms with E-state index >= 15 is 0 Å². The molecule has 0 aromatic heterocycles. The van der Waals surface area contributed by atoms with Crippen molar-refractivity contribution in [1.82, 2.24) is 10.2 Å². The molecule has 216 valence electrons. The minimum Gasteiger partial charge on any atom is -0.493 e. The maximum Gasteiger partial charge on any atom is 0.244 e. The van der Waals surface area contributed by atoms with Gasteiger partial charge in [-0.25, -0.2) is 0 Å². The molecule has 3 aromatic rings. The van der Waals surface area contributed by atoms with Crippen LogP contribution in [-0.2, 0) is 22.6 Å². The molecule has 0 saturated carbocycles. The summed E-state index contributed by atoms with van der Waals surface area (Å²) in [5, 5.41) is 6.12. The molecule has 41 heavy (non-hydrogen) atoms. The quantitative estimate of drug-likeness (QED) is 0.402. The zero-order valence-corrected chi connectivity index (χ0v) is 24.4. The first-order chi connectivity index (χ1) is 19.7. The molecular formula is C32H37N3O6. The number of fused-ring (bicyclic) bond motifs is 3. The average Bonchev–Trinajstić information content (AvgIpc) is 3.20. The van der Waals surface area contributed by atoms with Gasteiger partial charge in [-0.05, 0) is 60.2 Å². The number of nitrogens with one attached hydrogen (secondary N) is 2. The smallest absolute Gasteiger partial charge is 0.244 e. The second-order valence-electron chi connectivity index (χ2n) is 10.1. The summed E-state index contributed by atoms with van der Waals surface area (Å²) in [5.74, 6) is 1.09. The molecule has 0 bridgehead atoms. The Morgan fingerprint density at radius 2 is 1.71 bits per heavy atom. The number of carbonyl (C=O) groups is 2. The first-order valence-corrected chi connectivity index (χ1v) is 13.5. The SMILES string of the molecule is COc1cc2c(c(OC)c1OC)-c1ccc(NC(C)C(=O)N(C)Cc3ccccc3)c(=O)cc1C(NC(C)=O)CC2. The molecule has 4 rings (SSSR count). The van der Waals surface area contributed by atoms with Gasteiger partial charge < -0.3 is 29.7 Å². The Kier molecular flexibility index (Phi) is 9.17. The zero-order valence-electron chi connectivity index (χ0n) is 24.4. The van der Waals surface area contributed by atoms with E-state index < -0.39 is 12.1 Å². The number of methoxy groups -OCH3 is 3. The maximum atomic E-state index is 13.6. The van der Waals surface area contributed by atoms with E-state index in [0.29, 0.717) is 42.2 Å². The highest BCUT2D eigenvalue weighted by Gasteiger charge is 2.29. The number of benzene rings is 2. The monoisotopic (exact) mass is 559 g/mol. The molecule has 9 nitrogen and oxygen atoms in total. The zero-order chi connectivity index (χ0) is 29.7. The van der Waals surface area contributed by atoms with Crippen LogP contribution in [0.5, 0.6) is 17.2 Å². The van der Waals surface area contributed by atoms with Gasteiger partial charge in [-0.15, -0.1) is 0 Å². The van der Waals surface area contributed by atoms with E-state index in [0.717, 1.165) is 22.3 Å². The number of rotatable bonds is 9. The van der Waals surface area contributed by atoms with Crippen LogP contribution in [-0.4, -0.2) is 51.1 Å². The van der Waals surface area contributed by atoms with Crippen LogP contribution in [0.3, 0.4) is 0 Å². The topological polar surface area (TPSA) is 106 Å². The molecule has 2 amide bonds. The van der Waals surface area contributed by atoms with Crippen molar-refractivity contribution in [3.8, 4) is 28.4 Å². The molecule has 3 aromatic carbocycles. The Balaban J connectivity index is 1.78. The highest BCUT2D eigenvalue weighted by molar-refractivity contribution is 5.85. The van der Waals surface area contributed by atoms with Crippen LogP contribution in [0.4, 0.5) is 5.69 Å². The molecule has 1 aliphatic carbocycles. The van der Waals surface area contributed by atoms with Gasteiger partial charge >= 0.3 is 0 Å². The minimum atomic E-state index is -0.657. The Hall–Kier alpha value is -4.53. The maximum absolute atomic E-state index is 13.6. The number of anilines is 1. The van der Waals surface area contributed by atoms with Crippen molar-refractivity contribution in [1.29, 1.82) is 0 Å². The van der Waals surface area contributed by atoms with Gasteiger partial charge in [0, 0.05) is 26.1 Å². The molecule has 2 unspecified atom stereocenters. The van der Waals surface area contributed by atoms with E-state index in [1.807, 2.05) is 42.5 Å². The largest absolute Gasteiger partial charge is 0.493 e. The number of hydrogen-bond donors (Lipinski definition) is 2. The predicted molar refractivity (Wildman–Crippen MR) is 159 cm³/mol. The Morgan fingerprint density at radius 3 is 2.34 bits per heavy atom. The minimum absolute atomic E-state index is 0.152. The second-order valence-corrected chi connectivity index (χ2v) is 10.1. The van der Waals surface area contributed by atoms with Gasteiger partial charge in [-0.3, -0.25) is 14.4 Å². The van der Waals surface area contributed by atoms with Crippen molar-refractivity contribution in [2.24, 2.45) is 0 Å². The van der Waals surface area contributed by atoms with Crippen LogP contribution >= 0.6 is 0 Å².